The van der Waals surface area contributed by atoms with E-state index in [1.807, 2.05) is 13.8 Å². The molecule has 0 aliphatic carbocycles. The van der Waals surface area contributed by atoms with Gasteiger partial charge in [0.05, 0.1) is 11.9 Å². The molecule has 0 fully saturated rings. The lowest BCUT2D eigenvalue weighted by Crippen LogP contribution is -2.32. The Balaban J connectivity index is 2.61. The van der Waals surface area contributed by atoms with Crippen LogP contribution in [-0.4, -0.2) is 33.7 Å². The highest BCUT2D eigenvalue weighted by Crippen LogP contribution is 2.18. The van der Waals surface area contributed by atoms with Gasteiger partial charge in [0.25, 0.3) is 0 Å². The monoisotopic (exact) mass is 330 g/mol. The number of amides is 1. The van der Waals surface area contributed by atoms with Crippen molar-refractivity contribution < 1.29 is 17.6 Å². The third-order valence-electron chi connectivity index (χ3n) is 2.99. The summed E-state index contributed by atoms with van der Waals surface area (Å²) in [5.41, 5.74) is 0.395. The molecule has 5 nitrogen and oxygen atoms in total. The van der Waals surface area contributed by atoms with E-state index >= 15 is 0 Å². The molecule has 0 aromatic heterocycles. The Morgan fingerprint density at radius 3 is 2.36 bits per heavy atom. The van der Waals surface area contributed by atoms with Crippen LogP contribution >= 0.6 is 0 Å². The van der Waals surface area contributed by atoms with E-state index in [2.05, 4.69) is 5.32 Å². The van der Waals surface area contributed by atoms with E-state index < -0.39 is 15.8 Å². The first-order valence-corrected chi connectivity index (χ1v) is 9.05. The van der Waals surface area contributed by atoms with E-state index in [0.717, 1.165) is 6.26 Å². The second-order valence-corrected chi connectivity index (χ2v) is 7.52. The molecule has 1 aromatic rings. The molecule has 0 aliphatic heterocycles. The maximum atomic E-state index is 12.9. The summed E-state index contributed by atoms with van der Waals surface area (Å²) < 4.78 is 37.8. The Hall–Kier alpha value is -1.63. The highest BCUT2D eigenvalue weighted by molar-refractivity contribution is 7.92. The molecular formula is C15H23FN2O3S. The summed E-state index contributed by atoms with van der Waals surface area (Å²) in [7, 11) is -3.48. The Kier molecular flexibility index (Phi) is 6.80. The van der Waals surface area contributed by atoms with E-state index in [1.165, 1.54) is 28.6 Å². The van der Waals surface area contributed by atoms with Gasteiger partial charge in [-0.25, -0.2) is 12.8 Å². The second-order valence-electron chi connectivity index (χ2n) is 5.61. The van der Waals surface area contributed by atoms with Crippen LogP contribution in [0.3, 0.4) is 0 Å². The molecule has 7 heteroatoms. The van der Waals surface area contributed by atoms with Gasteiger partial charge < -0.3 is 5.32 Å². The molecule has 0 bridgehead atoms. The number of nitrogens with one attached hydrogen (secondary N) is 1. The van der Waals surface area contributed by atoms with Gasteiger partial charge in [0.1, 0.15) is 5.82 Å². The Bertz CT molecular complexity index is 585. The van der Waals surface area contributed by atoms with E-state index in [4.69, 9.17) is 0 Å². The molecule has 1 amide bonds. The van der Waals surface area contributed by atoms with Gasteiger partial charge in [0, 0.05) is 19.5 Å². The van der Waals surface area contributed by atoms with Crippen LogP contribution in [0, 0.1) is 11.7 Å². The molecule has 1 aromatic carbocycles. The number of nitrogens with zero attached hydrogens (tertiary/aromatic N) is 1. The lowest BCUT2D eigenvalue weighted by molar-refractivity contribution is -0.121. The molecule has 0 radical (unpaired) electrons. The van der Waals surface area contributed by atoms with E-state index in [0.29, 0.717) is 24.6 Å². The van der Waals surface area contributed by atoms with Crippen LogP contribution in [0.15, 0.2) is 24.3 Å². The molecule has 0 spiro atoms. The maximum Gasteiger partial charge on any atom is 0.232 e. The molecule has 0 atom stereocenters. The van der Waals surface area contributed by atoms with Crippen LogP contribution in [0.25, 0.3) is 0 Å². The number of hydrogen-bond acceptors (Lipinski definition) is 3. The van der Waals surface area contributed by atoms with Crippen molar-refractivity contribution in [1.82, 2.24) is 5.32 Å². The molecule has 1 N–H and O–H groups in total. The van der Waals surface area contributed by atoms with Gasteiger partial charge >= 0.3 is 0 Å². The fourth-order valence-corrected chi connectivity index (χ4v) is 2.85. The van der Waals surface area contributed by atoms with Gasteiger partial charge in [0.15, 0.2) is 0 Å². The fourth-order valence-electron chi connectivity index (χ4n) is 1.88. The molecule has 0 unspecified atom stereocenters. The SMILES string of the molecule is CC(C)CNC(=O)CCCN(c1ccc(F)cc1)S(C)(=O)=O. The zero-order chi connectivity index (χ0) is 16.8. The summed E-state index contributed by atoms with van der Waals surface area (Å²) in [6.45, 7) is 4.78. The Morgan fingerprint density at radius 1 is 1.27 bits per heavy atom. The maximum absolute atomic E-state index is 12.9. The van der Waals surface area contributed by atoms with Crippen molar-refractivity contribution in [2.24, 2.45) is 5.92 Å². The van der Waals surface area contributed by atoms with Gasteiger partial charge in [-0.15, -0.1) is 0 Å². The molecule has 0 aliphatic rings. The number of halogens is 1. The summed E-state index contributed by atoms with van der Waals surface area (Å²) in [5, 5.41) is 2.79. The van der Waals surface area contributed by atoms with Crippen molar-refractivity contribution in [3.63, 3.8) is 0 Å². The second kappa shape index (κ2) is 8.12. The van der Waals surface area contributed by atoms with Crippen molar-refractivity contribution in [2.75, 3.05) is 23.7 Å². The number of sulfonamides is 1. The van der Waals surface area contributed by atoms with Crippen LogP contribution < -0.4 is 9.62 Å². The average Bonchev–Trinajstić information content (AvgIpc) is 2.41. The van der Waals surface area contributed by atoms with Crippen LogP contribution in [0.4, 0.5) is 10.1 Å². The summed E-state index contributed by atoms with van der Waals surface area (Å²) in [6.07, 6.45) is 1.74. The average molecular weight is 330 g/mol. The van der Waals surface area contributed by atoms with Gasteiger partial charge in [-0.2, -0.15) is 0 Å². The van der Waals surface area contributed by atoms with Crippen LogP contribution in [0.1, 0.15) is 26.7 Å². The first-order chi connectivity index (χ1) is 10.2. The van der Waals surface area contributed by atoms with Crippen molar-refractivity contribution in [3.8, 4) is 0 Å². The summed E-state index contributed by atoms with van der Waals surface area (Å²) in [5.74, 6) is -0.151. The van der Waals surface area contributed by atoms with Gasteiger partial charge in [0.2, 0.25) is 15.9 Å². The standard InChI is InChI=1S/C15H23FN2O3S/c1-12(2)11-17-15(19)5-4-10-18(22(3,20)21)14-8-6-13(16)7-9-14/h6-9,12H,4-5,10-11H2,1-3H3,(H,17,19). The van der Waals surface area contributed by atoms with E-state index in [-0.39, 0.29) is 18.9 Å². The number of anilines is 1. The first kappa shape index (κ1) is 18.4. The van der Waals surface area contributed by atoms with Gasteiger partial charge in [-0.05, 0) is 36.6 Å². The molecule has 0 heterocycles. The zero-order valence-electron chi connectivity index (χ0n) is 13.2. The van der Waals surface area contributed by atoms with Crippen molar-refractivity contribution >= 4 is 21.6 Å². The molecule has 124 valence electrons. The van der Waals surface area contributed by atoms with Gasteiger partial charge in [-0.1, -0.05) is 13.8 Å². The molecular weight excluding hydrogens is 307 g/mol. The van der Waals surface area contributed by atoms with Crippen LogP contribution in [0.5, 0.6) is 0 Å². The fraction of sp³-hybridized carbons (Fsp3) is 0.533. The zero-order valence-corrected chi connectivity index (χ0v) is 14.0. The number of rotatable bonds is 8. The molecule has 0 saturated carbocycles. The summed E-state index contributed by atoms with van der Waals surface area (Å²) >= 11 is 0. The predicted molar refractivity (Wildman–Crippen MR) is 85.7 cm³/mol. The molecule has 0 saturated heterocycles. The lowest BCUT2D eigenvalue weighted by atomic mass is 10.2. The van der Waals surface area contributed by atoms with E-state index in [1.54, 1.807) is 0 Å². The summed E-state index contributed by atoms with van der Waals surface area (Å²) in [6, 6.07) is 5.25. The van der Waals surface area contributed by atoms with Crippen molar-refractivity contribution in [3.05, 3.63) is 30.1 Å². The summed E-state index contributed by atoms with van der Waals surface area (Å²) in [4.78, 5) is 11.6. The molecule has 1 rings (SSSR count). The van der Waals surface area contributed by atoms with E-state index in [9.17, 15) is 17.6 Å². The molecule has 22 heavy (non-hydrogen) atoms. The Labute approximate surface area is 131 Å². The normalized spacial score (nSPS) is 11.5. The number of carbonyl (C=O) groups is 1. The minimum absolute atomic E-state index is 0.0961. The highest BCUT2D eigenvalue weighted by atomic mass is 32.2. The first-order valence-electron chi connectivity index (χ1n) is 7.20. The van der Waals surface area contributed by atoms with Crippen molar-refractivity contribution in [2.45, 2.75) is 26.7 Å². The Morgan fingerprint density at radius 2 is 1.86 bits per heavy atom. The third kappa shape index (κ3) is 6.43. The topological polar surface area (TPSA) is 66.5 Å². The third-order valence-corrected chi connectivity index (χ3v) is 4.18. The quantitative estimate of drug-likeness (QED) is 0.794. The van der Waals surface area contributed by atoms with Gasteiger partial charge in [-0.3, -0.25) is 9.10 Å². The largest absolute Gasteiger partial charge is 0.356 e. The van der Waals surface area contributed by atoms with Crippen LogP contribution in [-0.2, 0) is 14.8 Å². The number of hydrogen-bond donors (Lipinski definition) is 1. The minimum atomic E-state index is -3.48. The minimum Gasteiger partial charge on any atom is -0.356 e. The van der Waals surface area contributed by atoms with Crippen LogP contribution in [0.2, 0.25) is 0 Å². The highest BCUT2D eigenvalue weighted by Gasteiger charge is 2.17. The van der Waals surface area contributed by atoms with Crippen molar-refractivity contribution in [1.29, 1.82) is 0 Å². The smallest absolute Gasteiger partial charge is 0.232 e. The number of benzene rings is 1. The predicted octanol–water partition coefficient (Wildman–Crippen LogP) is 2.14. The number of carbonyl (C=O) groups excluding carboxylic acids is 1. The lowest BCUT2D eigenvalue weighted by Gasteiger charge is -2.22.